The van der Waals surface area contributed by atoms with E-state index in [1.54, 1.807) is 0 Å². The van der Waals surface area contributed by atoms with E-state index < -0.39 is 0 Å². The Kier molecular flexibility index (Phi) is 7.31. The van der Waals surface area contributed by atoms with Crippen LogP contribution in [0.4, 0.5) is 0 Å². The molecule has 2 fully saturated rings. The summed E-state index contributed by atoms with van der Waals surface area (Å²) in [7, 11) is 0. The zero-order valence-electron chi connectivity index (χ0n) is 15.4. The highest BCUT2D eigenvalue weighted by atomic mass is 16.5. The van der Waals surface area contributed by atoms with Crippen LogP contribution in [0.2, 0.25) is 0 Å². The number of nitrogens with zero attached hydrogens (tertiary/aromatic N) is 2. The predicted molar refractivity (Wildman–Crippen MR) is 101 cm³/mol. The molecule has 0 aliphatic carbocycles. The molecule has 0 unspecified atom stereocenters. The van der Waals surface area contributed by atoms with E-state index in [0.717, 1.165) is 77.9 Å². The molecule has 138 valence electrons. The quantitative estimate of drug-likeness (QED) is 0.690. The van der Waals surface area contributed by atoms with E-state index in [0.29, 0.717) is 11.9 Å². The summed E-state index contributed by atoms with van der Waals surface area (Å²) in [5, 5.41) is 0. The fraction of sp³-hybridized carbons (Fsp3) is 0.667. The molecule has 2 saturated heterocycles. The summed E-state index contributed by atoms with van der Waals surface area (Å²) < 4.78 is 5.54. The first-order chi connectivity index (χ1) is 12.3. The minimum Gasteiger partial charge on any atom is -0.381 e. The Morgan fingerprint density at radius 2 is 1.84 bits per heavy atom. The van der Waals surface area contributed by atoms with Gasteiger partial charge in [0.15, 0.2) is 0 Å². The molecule has 2 aliphatic rings. The van der Waals surface area contributed by atoms with Gasteiger partial charge in [0, 0.05) is 45.3 Å². The lowest BCUT2D eigenvalue weighted by Crippen LogP contribution is -2.41. The number of rotatable bonds is 9. The Morgan fingerprint density at radius 1 is 1.08 bits per heavy atom. The van der Waals surface area contributed by atoms with E-state index >= 15 is 0 Å². The van der Waals surface area contributed by atoms with Gasteiger partial charge in [0.1, 0.15) is 0 Å². The summed E-state index contributed by atoms with van der Waals surface area (Å²) in [4.78, 5) is 16.5. The molecule has 1 aromatic rings. The Balaban J connectivity index is 1.45. The highest BCUT2D eigenvalue weighted by molar-refractivity contribution is 5.77. The molecule has 0 radical (unpaired) electrons. The minimum absolute atomic E-state index is 0.349. The molecule has 4 heteroatoms. The maximum atomic E-state index is 11.8. The summed E-state index contributed by atoms with van der Waals surface area (Å²) >= 11 is 0. The molecule has 0 saturated carbocycles. The zero-order valence-corrected chi connectivity index (χ0v) is 15.4. The molecule has 3 rings (SSSR count). The van der Waals surface area contributed by atoms with Crippen molar-refractivity contribution in [2.24, 2.45) is 0 Å². The van der Waals surface area contributed by atoms with Gasteiger partial charge >= 0.3 is 0 Å². The number of carbonyl (C=O) groups is 1. The van der Waals surface area contributed by atoms with Crippen molar-refractivity contribution < 1.29 is 9.53 Å². The molecule has 25 heavy (non-hydrogen) atoms. The molecule has 0 atom stereocenters. The fourth-order valence-corrected chi connectivity index (χ4v) is 4.06. The van der Waals surface area contributed by atoms with E-state index in [-0.39, 0.29) is 0 Å². The van der Waals surface area contributed by atoms with Gasteiger partial charge < -0.3 is 14.5 Å². The van der Waals surface area contributed by atoms with Crippen LogP contribution in [0.3, 0.4) is 0 Å². The molecule has 0 aromatic heterocycles. The van der Waals surface area contributed by atoms with Crippen LogP contribution in [-0.4, -0.2) is 61.1 Å². The van der Waals surface area contributed by atoms with Crippen molar-refractivity contribution in [1.82, 2.24) is 9.80 Å². The Morgan fingerprint density at radius 3 is 2.56 bits per heavy atom. The van der Waals surface area contributed by atoms with Crippen LogP contribution in [0.5, 0.6) is 0 Å². The summed E-state index contributed by atoms with van der Waals surface area (Å²) in [6.45, 7) is 5.92. The second-order valence-electron chi connectivity index (χ2n) is 7.31. The van der Waals surface area contributed by atoms with Crippen molar-refractivity contribution in [1.29, 1.82) is 0 Å². The Bertz CT molecular complexity index is 514. The lowest BCUT2D eigenvalue weighted by atomic mass is 10.0. The van der Waals surface area contributed by atoms with E-state index in [4.69, 9.17) is 4.74 Å². The Labute approximate surface area is 152 Å². The number of likely N-dealkylation sites (tertiary alicyclic amines) is 1. The number of hydrogen-bond donors (Lipinski definition) is 0. The van der Waals surface area contributed by atoms with Crippen LogP contribution in [-0.2, 0) is 16.0 Å². The van der Waals surface area contributed by atoms with Crippen LogP contribution in [0, 0.1) is 0 Å². The molecule has 0 spiro atoms. The van der Waals surface area contributed by atoms with E-state index in [2.05, 4.69) is 35.2 Å². The highest BCUT2D eigenvalue weighted by Gasteiger charge is 2.23. The predicted octanol–water partition coefficient (Wildman–Crippen LogP) is 3.11. The van der Waals surface area contributed by atoms with Gasteiger partial charge in [0.05, 0.1) is 0 Å². The SMILES string of the molecule is O=C1CCCN1CCCN(CCCc1ccccc1)C1CCOCC1. The molecule has 4 nitrogen and oxygen atoms in total. The van der Waals surface area contributed by atoms with Crippen molar-refractivity contribution in [2.75, 3.05) is 39.4 Å². The largest absolute Gasteiger partial charge is 0.381 e. The van der Waals surface area contributed by atoms with Crippen molar-refractivity contribution >= 4 is 5.91 Å². The smallest absolute Gasteiger partial charge is 0.222 e. The van der Waals surface area contributed by atoms with Crippen LogP contribution in [0.1, 0.15) is 44.1 Å². The highest BCUT2D eigenvalue weighted by Crippen LogP contribution is 2.17. The first kappa shape index (κ1) is 18.4. The monoisotopic (exact) mass is 344 g/mol. The van der Waals surface area contributed by atoms with Gasteiger partial charge in [0.25, 0.3) is 0 Å². The summed E-state index contributed by atoms with van der Waals surface area (Å²) in [6.07, 6.45) is 7.52. The van der Waals surface area contributed by atoms with Gasteiger partial charge in [-0.2, -0.15) is 0 Å². The molecule has 1 aromatic carbocycles. The maximum absolute atomic E-state index is 11.8. The Hall–Kier alpha value is -1.39. The number of aryl methyl sites for hydroxylation is 1. The van der Waals surface area contributed by atoms with E-state index in [1.807, 2.05) is 4.90 Å². The van der Waals surface area contributed by atoms with Gasteiger partial charge in [-0.1, -0.05) is 30.3 Å². The van der Waals surface area contributed by atoms with Crippen LogP contribution in [0.15, 0.2) is 30.3 Å². The molecular formula is C21H32N2O2. The number of benzene rings is 1. The van der Waals surface area contributed by atoms with Gasteiger partial charge in [-0.3, -0.25) is 4.79 Å². The van der Waals surface area contributed by atoms with Crippen LogP contribution in [0.25, 0.3) is 0 Å². The van der Waals surface area contributed by atoms with Crippen molar-refractivity contribution in [3.05, 3.63) is 35.9 Å². The molecular weight excluding hydrogens is 312 g/mol. The zero-order chi connectivity index (χ0) is 17.3. The molecule has 1 amide bonds. The molecule has 0 bridgehead atoms. The van der Waals surface area contributed by atoms with Crippen LogP contribution >= 0.6 is 0 Å². The number of ether oxygens (including phenoxy) is 1. The van der Waals surface area contributed by atoms with Crippen molar-refractivity contribution in [2.45, 2.75) is 51.0 Å². The van der Waals surface area contributed by atoms with Crippen LogP contribution < -0.4 is 0 Å². The second kappa shape index (κ2) is 9.93. The fourth-order valence-electron chi connectivity index (χ4n) is 4.06. The third-order valence-corrected chi connectivity index (χ3v) is 5.51. The topological polar surface area (TPSA) is 32.8 Å². The number of carbonyl (C=O) groups excluding carboxylic acids is 1. The summed E-state index contributed by atoms with van der Waals surface area (Å²) in [5.41, 5.74) is 1.43. The second-order valence-corrected chi connectivity index (χ2v) is 7.31. The maximum Gasteiger partial charge on any atom is 0.222 e. The molecule has 2 heterocycles. The first-order valence-electron chi connectivity index (χ1n) is 9.96. The molecule has 0 N–H and O–H groups in total. The average molecular weight is 344 g/mol. The van der Waals surface area contributed by atoms with Gasteiger partial charge in [-0.25, -0.2) is 0 Å². The van der Waals surface area contributed by atoms with E-state index in [9.17, 15) is 4.79 Å². The molecule has 2 aliphatic heterocycles. The lowest BCUT2D eigenvalue weighted by molar-refractivity contribution is -0.127. The average Bonchev–Trinajstić information content (AvgIpc) is 3.07. The van der Waals surface area contributed by atoms with E-state index in [1.165, 1.54) is 12.0 Å². The number of amides is 1. The normalized spacial score (nSPS) is 19.1. The van der Waals surface area contributed by atoms with Crippen molar-refractivity contribution in [3.63, 3.8) is 0 Å². The van der Waals surface area contributed by atoms with Crippen molar-refractivity contribution in [3.8, 4) is 0 Å². The first-order valence-corrected chi connectivity index (χ1v) is 9.96. The number of hydrogen-bond acceptors (Lipinski definition) is 3. The lowest BCUT2D eigenvalue weighted by Gasteiger charge is -2.34. The minimum atomic E-state index is 0.349. The standard InChI is InChI=1S/C21H32N2O2/c24-21-10-5-14-23(21)16-6-15-22(20-11-17-25-18-12-20)13-4-9-19-7-2-1-3-8-19/h1-3,7-8,20H,4-6,9-18H2. The third kappa shape index (κ3) is 5.82. The summed E-state index contributed by atoms with van der Waals surface area (Å²) in [5.74, 6) is 0.349. The van der Waals surface area contributed by atoms with Gasteiger partial charge in [0.2, 0.25) is 5.91 Å². The van der Waals surface area contributed by atoms with Gasteiger partial charge in [-0.15, -0.1) is 0 Å². The van der Waals surface area contributed by atoms with Gasteiger partial charge in [-0.05, 0) is 50.6 Å². The summed E-state index contributed by atoms with van der Waals surface area (Å²) in [6, 6.07) is 11.4. The third-order valence-electron chi connectivity index (χ3n) is 5.51.